The normalized spacial score (nSPS) is 16.7. The van der Waals surface area contributed by atoms with Crippen molar-refractivity contribution in [3.05, 3.63) is 49.8 Å². The van der Waals surface area contributed by atoms with Gasteiger partial charge in [-0.3, -0.25) is 9.59 Å². The number of hydrogen-bond donors (Lipinski definition) is 2. The molecule has 3 rings (SSSR count). The zero-order chi connectivity index (χ0) is 19.9. The maximum atomic E-state index is 12.7. The second kappa shape index (κ2) is 7.46. The molecule has 1 aliphatic rings. The first kappa shape index (κ1) is 20.2. The van der Waals surface area contributed by atoms with Crippen molar-refractivity contribution < 1.29 is 9.59 Å². The van der Waals surface area contributed by atoms with E-state index in [1.165, 1.54) is 17.4 Å². The molecule has 1 heterocycles. The number of primary amides is 1. The minimum absolute atomic E-state index is 0.189. The average molecular weight is 425 g/mol. The van der Waals surface area contributed by atoms with Crippen LogP contribution in [-0.2, 0) is 12.8 Å². The Morgan fingerprint density at radius 3 is 2.56 bits per heavy atom. The summed E-state index contributed by atoms with van der Waals surface area (Å²) in [7, 11) is 0. The van der Waals surface area contributed by atoms with Crippen LogP contribution < -0.4 is 11.1 Å². The molecule has 0 bridgehead atoms. The molecule has 1 atom stereocenters. The Hall–Kier alpha value is -1.56. The molecule has 0 saturated carbocycles. The second-order valence-corrected chi connectivity index (χ2v) is 9.91. The summed E-state index contributed by atoms with van der Waals surface area (Å²) in [6, 6.07) is 4.68. The first-order chi connectivity index (χ1) is 12.6. The SMILES string of the molecule is CC(C)(C)[C@H]1CCc2c(sc(NC(=O)c3ccc(Cl)cc3Cl)c2C(N)=O)C1. The molecule has 1 aromatic heterocycles. The van der Waals surface area contributed by atoms with Gasteiger partial charge in [-0.25, -0.2) is 0 Å². The second-order valence-electron chi connectivity index (χ2n) is 7.96. The van der Waals surface area contributed by atoms with Crippen LogP contribution >= 0.6 is 34.5 Å². The van der Waals surface area contributed by atoms with Crippen LogP contribution in [0.3, 0.4) is 0 Å². The first-order valence-corrected chi connectivity index (χ1v) is 10.4. The van der Waals surface area contributed by atoms with Gasteiger partial charge in [0.1, 0.15) is 5.00 Å². The monoisotopic (exact) mass is 424 g/mol. The molecule has 2 aromatic rings. The lowest BCUT2D eigenvalue weighted by atomic mass is 9.72. The zero-order valence-corrected chi connectivity index (χ0v) is 17.8. The highest BCUT2D eigenvalue weighted by Crippen LogP contribution is 2.44. The van der Waals surface area contributed by atoms with E-state index in [0.717, 1.165) is 29.7 Å². The Morgan fingerprint density at radius 1 is 1.26 bits per heavy atom. The molecular weight excluding hydrogens is 403 g/mol. The number of rotatable bonds is 3. The molecule has 0 spiro atoms. The first-order valence-electron chi connectivity index (χ1n) is 8.78. The predicted molar refractivity (Wildman–Crippen MR) is 112 cm³/mol. The lowest BCUT2D eigenvalue weighted by molar-refractivity contribution is 0.1000. The van der Waals surface area contributed by atoms with E-state index in [0.29, 0.717) is 27.1 Å². The number of thiophene rings is 1. The third-order valence-electron chi connectivity index (χ3n) is 5.14. The van der Waals surface area contributed by atoms with Crippen LogP contribution in [0.5, 0.6) is 0 Å². The Balaban J connectivity index is 1.93. The number of carbonyl (C=O) groups excluding carboxylic acids is 2. The third-order valence-corrected chi connectivity index (χ3v) is 6.86. The van der Waals surface area contributed by atoms with Gasteiger partial charge in [0.2, 0.25) is 0 Å². The molecule has 1 aliphatic carbocycles. The number of hydrogen-bond acceptors (Lipinski definition) is 3. The van der Waals surface area contributed by atoms with Crippen molar-refractivity contribution in [2.75, 3.05) is 5.32 Å². The fourth-order valence-corrected chi connectivity index (χ4v) is 5.34. The number of halogens is 2. The average Bonchev–Trinajstić information content (AvgIpc) is 2.90. The summed E-state index contributed by atoms with van der Waals surface area (Å²) in [6.45, 7) is 6.70. The van der Waals surface area contributed by atoms with E-state index in [-0.39, 0.29) is 16.3 Å². The van der Waals surface area contributed by atoms with Crippen LogP contribution in [0.25, 0.3) is 0 Å². The number of nitrogens with one attached hydrogen (secondary N) is 1. The lowest BCUT2D eigenvalue weighted by Crippen LogP contribution is -2.27. The van der Waals surface area contributed by atoms with Crippen LogP contribution in [0.4, 0.5) is 5.00 Å². The summed E-state index contributed by atoms with van der Waals surface area (Å²) in [4.78, 5) is 25.9. The van der Waals surface area contributed by atoms with Gasteiger partial charge in [0.25, 0.3) is 11.8 Å². The number of carbonyl (C=O) groups is 2. The lowest BCUT2D eigenvalue weighted by Gasteiger charge is -2.33. The zero-order valence-electron chi connectivity index (χ0n) is 15.5. The molecule has 27 heavy (non-hydrogen) atoms. The highest BCUT2D eigenvalue weighted by molar-refractivity contribution is 7.17. The Bertz CT molecular complexity index is 915. The van der Waals surface area contributed by atoms with Crippen LogP contribution in [0.1, 0.15) is 58.3 Å². The van der Waals surface area contributed by atoms with Gasteiger partial charge in [-0.05, 0) is 54.4 Å². The summed E-state index contributed by atoms with van der Waals surface area (Å²) < 4.78 is 0. The maximum absolute atomic E-state index is 12.7. The molecule has 1 aromatic carbocycles. The number of benzene rings is 1. The highest BCUT2D eigenvalue weighted by atomic mass is 35.5. The van der Waals surface area contributed by atoms with E-state index < -0.39 is 5.91 Å². The van der Waals surface area contributed by atoms with Gasteiger partial charge in [-0.2, -0.15) is 0 Å². The topological polar surface area (TPSA) is 72.2 Å². The molecule has 4 nitrogen and oxygen atoms in total. The van der Waals surface area contributed by atoms with Crippen LogP contribution in [0.2, 0.25) is 10.0 Å². The van der Waals surface area contributed by atoms with E-state index in [2.05, 4.69) is 26.1 Å². The number of fused-ring (bicyclic) bond motifs is 1. The van der Waals surface area contributed by atoms with Crippen molar-refractivity contribution in [3.8, 4) is 0 Å². The van der Waals surface area contributed by atoms with Crippen molar-refractivity contribution in [3.63, 3.8) is 0 Å². The maximum Gasteiger partial charge on any atom is 0.257 e. The van der Waals surface area contributed by atoms with Crippen LogP contribution in [-0.4, -0.2) is 11.8 Å². The van der Waals surface area contributed by atoms with Gasteiger partial charge in [0.05, 0.1) is 16.1 Å². The van der Waals surface area contributed by atoms with Crippen molar-refractivity contribution in [2.45, 2.75) is 40.0 Å². The minimum atomic E-state index is -0.515. The molecule has 0 aliphatic heterocycles. The number of anilines is 1. The fourth-order valence-electron chi connectivity index (χ4n) is 3.52. The summed E-state index contributed by atoms with van der Waals surface area (Å²) in [5.41, 5.74) is 7.54. The molecule has 3 N–H and O–H groups in total. The number of amides is 2. The molecule has 7 heteroatoms. The highest BCUT2D eigenvalue weighted by Gasteiger charge is 2.33. The predicted octanol–water partition coefficient (Wildman–Crippen LogP) is 5.56. The quantitative estimate of drug-likeness (QED) is 0.676. The van der Waals surface area contributed by atoms with Crippen molar-refractivity contribution >= 4 is 51.4 Å². The van der Waals surface area contributed by atoms with E-state index in [1.807, 2.05) is 0 Å². The third kappa shape index (κ3) is 4.15. The van der Waals surface area contributed by atoms with Crippen molar-refractivity contribution in [1.29, 1.82) is 0 Å². The Kier molecular flexibility index (Phi) is 5.57. The molecule has 0 radical (unpaired) electrons. The molecule has 0 fully saturated rings. The Labute approximate surface area is 173 Å². The van der Waals surface area contributed by atoms with Crippen molar-refractivity contribution in [2.24, 2.45) is 17.1 Å². The summed E-state index contributed by atoms with van der Waals surface area (Å²) in [6.07, 6.45) is 2.69. The summed E-state index contributed by atoms with van der Waals surface area (Å²) >= 11 is 13.5. The minimum Gasteiger partial charge on any atom is -0.365 e. The molecule has 2 amide bonds. The Morgan fingerprint density at radius 2 is 1.96 bits per heavy atom. The van der Waals surface area contributed by atoms with Gasteiger partial charge in [-0.1, -0.05) is 44.0 Å². The van der Waals surface area contributed by atoms with Gasteiger partial charge in [-0.15, -0.1) is 11.3 Å². The fraction of sp³-hybridized carbons (Fsp3) is 0.400. The van der Waals surface area contributed by atoms with E-state index >= 15 is 0 Å². The van der Waals surface area contributed by atoms with Crippen LogP contribution in [0, 0.1) is 11.3 Å². The van der Waals surface area contributed by atoms with Gasteiger partial charge in [0, 0.05) is 9.90 Å². The van der Waals surface area contributed by atoms with E-state index in [4.69, 9.17) is 28.9 Å². The van der Waals surface area contributed by atoms with Crippen molar-refractivity contribution in [1.82, 2.24) is 0 Å². The molecular formula is C20H22Cl2N2O2S. The van der Waals surface area contributed by atoms with E-state index in [1.54, 1.807) is 12.1 Å². The van der Waals surface area contributed by atoms with Gasteiger partial charge < -0.3 is 11.1 Å². The van der Waals surface area contributed by atoms with Crippen LogP contribution in [0.15, 0.2) is 18.2 Å². The molecule has 0 unspecified atom stereocenters. The van der Waals surface area contributed by atoms with Gasteiger partial charge in [0.15, 0.2) is 0 Å². The summed E-state index contributed by atoms with van der Waals surface area (Å²) in [5, 5.41) is 4.04. The number of nitrogens with two attached hydrogens (primary N) is 1. The summed E-state index contributed by atoms with van der Waals surface area (Å²) in [5.74, 6) is -0.372. The largest absolute Gasteiger partial charge is 0.365 e. The van der Waals surface area contributed by atoms with E-state index in [9.17, 15) is 9.59 Å². The molecule has 0 saturated heterocycles. The molecule has 144 valence electrons. The van der Waals surface area contributed by atoms with Gasteiger partial charge >= 0.3 is 0 Å². The standard InChI is InChI=1S/C20H22Cl2N2O2S/c1-20(2,3)10-4-6-13-15(8-10)27-19(16(13)17(23)25)24-18(26)12-7-5-11(21)9-14(12)22/h5,7,9-10H,4,6,8H2,1-3H3,(H2,23,25)(H,24,26)/t10-/m0/s1. The smallest absolute Gasteiger partial charge is 0.257 e.